The zero-order valence-electron chi connectivity index (χ0n) is 19.4. The fraction of sp³-hybridized carbons (Fsp3) is 0.545. The lowest BCUT2D eigenvalue weighted by Crippen LogP contribution is -2.48. The summed E-state index contributed by atoms with van der Waals surface area (Å²) in [6.07, 6.45) is 0. The number of hydrogen-bond donors (Lipinski definition) is 0. The number of carbonyl (C=O) groups excluding carboxylic acids is 2. The van der Waals surface area contributed by atoms with Crippen molar-refractivity contribution in [3.63, 3.8) is 0 Å². The van der Waals surface area contributed by atoms with Crippen LogP contribution < -0.4 is 8.61 Å². The van der Waals surface area contributed by atoms with Crippen LogP contribution in [0.2, 0.25) is 0 Å². The number of benzene rings is 1. The fourth-order valence-electron chi connectivity index (χ4n) is 3.59. The van der Waals surface area contributed by atoms with Gasteiger partial charge in [0, 0.05) is 26.2 Å². The van der Waals surface area contributed by atoms with Gasteiger partial charge >= 0.3 is 10.2 Å². The second kappa shape index (κ2) is 11.0. The number of anilines is 2. The number of amides is 2. The van der Waals surface area contributed by atoms with Crippen LogP contribution in [0.15, 0.2) is 24.3 Å². The molecule has 0 aliphatic carbocycles. The molecule has 33 heavy (non-hydrogen) atoms. The normalized spacial score (nSPS) is 15.7. The van der Waals surface area contributed by atoms with Gasteiger partial charge in [0.15, 0.2) is 0 Å². The molecule has 1 aliphatic heterocycles. The molecule has 0 spiro atoms. The maximum atomic E-state index is 13.4. The Bertz CT molecular complexity index is 984. The van der Waals surface area contributed by atoms with Gasteiger partial charge in [-0.1, -0.05) is 12.1 Å². The lowest BCUT2D eigenvalue weighted by Gasteiger charge is -2.27. The van der Waals surface area contributed by atoms with E-state index in [0.29, 0.717) is 24.5 Å². The van der Waals surface area contributed by atoms with Crippen molar-refractivity contribution < 1.29 is 18.0 Å². The number of hydrogen-bond acceptors (Lipinski definition) is 6. The SMILES string of the molecule is CCN(CC(C)C#N)C(=O)CN1c2ccccc2N(CC(=O)N(CC)CC(C)C#N)S1(=O)=O. The molecule has 2 amide bonds. The van der Waals surface area contributed by atoms with E-state index in [2.05, 4.69) is 12.1 Å². The molecule has 0 saturated carbocycles. The predicted octanol–water partition coefficient (Wildman–Crippen LogP) is 1.57. The molecule has 11 heteroatoms. The van der Waals surface area contributed by atoms with Crippen molar-refractivity contribution in [2.24, 2.45) is 11.8 Å². The Morgan fingerprint density at radius 2 is 1.24 bits per heavy atom. The number of para-hydroxylation sites is 2. The van der Waals surface area contributed by atoms with Gasteiger partial charge in [-0.05, 0) is 39.8 Å². The van der Waals surface area contributed by atoms with Crippen LogP contribution in [0.4, 0.5) is 11.4 Å². The van der Waals surface area contributed by atoms with Crippen molar-refractivity contribution in [1.82, 2.24) is 9.80 Å². The van der Waals surface area contributed by atoms with Gasteiger partial charge in [0.25, 0.3) is 0 Å². The fourth-order valence-corrected chi connectivity index (χ4v) is 5.18. The molecule has 1 aromatic rings. The van der Waals surface area contributed by atoms with E-state index in [4.69, 9.17) is 10.5 Å². The molecule has 0 N–H and O–H groups in total. The Balaban J connectivity index is 2.31. The van der Waals surface area contributed by atoms with E-state index in [0.717, 1.165) is 8.61 Å². The summed E-state index contributed by atoms with van der Waals surface area (Å²) in [5.74, 6) is -1.63. The lowest BCUT2D eigenvalue weighted by atomic mass is 10.2. The number of carbonyl (C=O) groups is 2. The second-order valence-electron chi connectivity index (χ2n) is 7.93. The van der Waals surface area contributed by atoms with Crippen molar-refractivity contribution in [2.75, 3.05) is 47.9 Å². The molecular weight excluding hydrogens is 444 g/mol. The van der Waals surface area contributed by atoms with Crippen LogP contribution in [0.5, 0.6) is 0 Å². The number of likely N-dealkylation sites (N-methyl/N-ethyl adjacent to an activating group) is 2. The third kappa shape index (κ3) is 5.74. The zero-order chi connectivity index (χ0) is 24.8. The van der Waals surface area contributed by atoms with Gasteiger partial charge in [0.05, 0.1) is 35.3 Å². The quantitative estimate of drug-likeness (QED) is 0.506. The first-order valence-corrected chi connectivity index (χ1v) is 12.2. The van der Waals surface area contributed by atoms with Crippen LogP contribution >= 0.6 is 0 Å². The average molecular weight is 475 g/mol. The highest BCUT2D eigenvalue weighted by atomic mass is 32.2. The van der Waals surface area contributed by atoms with Crippen molar-refractivity contribution in [3.05, 3.63) is 24.3 Å². The molecule has 178 valence electrons. The van der Waals surface area contributed by atoms with Gasteiger partial charge in [-0.3, -0.25) is 9.59 Å². The molecule has 1 heterocycles. The molecule has 2 rings (SSSR count). The highest BCUT2D eigenvalue weighted by molar-refractivity contribution is 7.94. The van der Waals surface area contributed by atoms with Crippen molar-refractivity contribution in [2.45, 2.75) is 27.7 Å². The highest BCUT2D eigenvalue weighted by Gasteiger charge is 2.42. The molecule has 0 bridgehead atoms. The topological polar surface area (TPSA) is 129 Å². The zero-order valence-corrected chi connectivity index (χ0v) is 20.2. The number of nitrogens with zero attached hydrogens (tertiary/aromatic N) is 6. The summed E-state index contributed by atoms with van der Waals surface area (Å²) in [7, 11) is -4.19. The van der Waals surface area contributed by atoms with Gasteiger partial charge in [-0.25, -0.2) is 8.61 Å². The van der Waals surface area contributed by atoms with Crippen LogP contribution in [0.25, 0.3) is 0 Å². The first-order chi connectivity index (χ1) is 15.6. The van der Waals surface area contributed by atoms with Crippen LogP contribution in [0, 0.1) is 34.5 Å². The third-order valence-electron chi connectivity index (χ3n) is 5.43. The minimum Gasteiger partial charge on any atom is -0.340 e. The maximum absolute atomic E-state index is 13.4. The summed E-state index contributed by atoms with van der Waals surface area (Å²) in [4.78, 5) is 28.7. The number of fused-ring (bicyclic) bond motifs is 1. The number of nitriles is 2. The van der Waals surface area contributed by atoms with Crippen molar-refractivity contribution >= 4 is 33.4 Å². The second-order valence-corrected chi connectivity index (χ2v) is 9.71. The van der Waals surface area contributed by atoms with Gasteiger partial charge < -0.3 is 9.80 Å². The molecular formula is C22H30N6O4S. The molecule has 0 radical (unpaired) electrons. The monoisotopic (exact) mass is 474 g/mol. The average Bonchev–Trinajstić information content (AvgIpc) is 3.01. The minimum absolute atomic E-state index is 0.201. The Hall–Kier alpha value is -3.31. The summed E-state index contributed by atoms with van der Waals surface area (Å²) >= 11 is 0. The Labute approximate surface area is 195 Å². The van der Waals surface area contributed by atoms with Gasteiger partial charge in [0.2, 0.25) is 11.8 Å². The summed E-state index contributed by atoms with van der Waals surface area (Å²) in [5.41, 5.74) is 0.632. The first kappa shape index (κ1) is 25.9. The summed E-state index contributed by atoms with van der Waals surface area (Å²) in [6, 6.07) is 10.7. The van der Waals surface area contributed by atoms with Crippen LogP contribution in [0.1, 0.15) is 27.7 Å². The molecule has 1 aromatic carbocycles. The van der Waals surface area contributed by atoms with Gasteiger partial charge in [-0.2, -0.15) is 18.9 Å². The van der Waals surface area contributed by atoms with Crippen LogP contribution in [0.3, 0.4) is 0 Å². The first-order valence-electron chi connectivity index (χ1n) is 10.8. The van der Waals surface area contributed by atoms with E-state index >= 15 is 0 Å². The molecule has 0 fully saturated rings. The smallest absolute Gasteiger partial charge is 0.327 e. The summed E-state index contributed by atoms with van der Waals surface area (Å²) in [6.45, 7) is 7.13. The van der Waals surface area contributed by atoms with E-state index in [1.54, 1.807) is 52.0 Å². The molecule has 0 aromatic heterocycles. The molecule has 0 saturated heterocycles. The van der Waals surface area contributed by atoms with E-state index in [9.17, 15) is 18.0 Å². The third-order valence-corrected chi connectivity index (χ3v) is 7.20. The highest BCUT2D eigenvalue weighted by Crippen LogP contribution is 2.40. The molecule has 1 aliphatic rings. The van der Waals surface area contributed by atoms with E-state index < -0.39 is 35.1 Å². The number of rotatable bonds is 10. The Morgan fingerprint density at radius 3 is 1.55 bits per heavy atom. The van der Waals surface area contributed by atoms with Crippen molar-refractivity contribution in [1.29, 1.82) is 10.5 Å². The Morgan fingerprint density at radius 1 is 0.879 bits per heavy atom. The minimum atomic E-state index is -4.19. The lowest BCUT2D eigenvalue weighted by molar-refractivity contribution is -0.130. The molecule has 10 nitrogen and oxygen atoms in total. The summed E-state index contributed by atoms with van der Waals surface area (Å²) < 4.78 is 28.8. The van der Waals surface area contributed by atoms with Crippen LogP contribution in [-0.4, -0.2) is 69.3 Å². The van der Waals surface area contributed by atoms with E-state index in [1.165, 1.54) is 9.80 Å². The van der Waals surface area contributed by atoms with Crippen LogP contribution in [-0.2, 0) is 19.8 Å². The van der Waals surface area contributed by atoms with Gasteiger partial charge in [-0.15, -0.1) is 0 Å². The van der Waals surface area contributed by atoms with E-state index in [1.807, 2.05) is 0 Å². The Kier molecular flexibility index (Phi) is 8.66. The predicted molar refractivity (Wildman–Crippen MR) is 124 cm³/mol. The van der Waals surface area contributed by atoms with Gasteiger partial charge in [0.1, 0.15) is 13.1 Å². The standard InChI is InChI=1S/C22H30N6O4S/c1-5-25(13-17(3)11-23)21(29)15-27-19-9-7-8-10-20(19)28(33(27,31)32)16-22(30)26(6-2)14-18(4)12-24/h7-10,17-18H,5-6,13-16H2,1-4H3. The van der Waals surface area contributed by atoms with E-state index in [-0.39, 0.29) is 24.9 Å². The largest absolute Gasteiger partial charge is 0.340 e. The maximum Gasteiger partial charge on any atom is 0.327 e. The summed E-state index contributed by atoms with van der Waals surface area (Å²) in [5, 5.41) is 18.1. The molecule has 2 atom stereocenters. The molecule has 2 unspecified atom stereocenters. The van der Waals surface area contributed by atoms with Crippen molar-refractivity contribution in [3.8, 4) is 12.1 Å².